The van der Waals surface area contributed by atoms with Gasteiger partial charge in [-0.3, -0.25) is 0 Å². The second kappa shape index (κ2) is 7.34. The molecule has 2 nitrogen and oxygen atoms in total. The van der Waals surface area contributed by atoms with Crippen molar-refractivity contribution in [1.82, 2.24) is 0 Å². The van der Waals surface area contributed by atoms with Crippen molar-refractivity contribution < 1.29 is 9.79 Å². The first-order valence-corrected chi connectivity index (χ1v) is 8.60. The van der Waals surface area contributed by atoms with Crippen LogP contribution in [0.3, 0.4) is 0 Å². The molecule has 23 heavy (non-hydrogen) atoms. The summed E-state index contributed by atoms with van der Waals surface area (Å²) in [5.41, 5.74) is 0. The molecular formula is C20H17O2P. The average Bonchev–Trinajstić information content (AvgIpc) is 2.63. The molecule has 0 fully saturated rings. The van der Waals surface area contributed by atoms with Crippen LogP contribution in [0, 0.1) is 0 Å². The van der Waals surface area contributed by atoms with Crippen LogP contribution in [0.1, 0.15) is 0 Å². The van der Waals surface area contributed by atoms with E-state index in [1.165, 1.54) is 21.5 Å². The zero-order valence-electron chi connectivity index (χ0n) is 12.5. The lowest BCUT2D eigenvalue weighted by Crippen LogP contribution is -1.96. The van der Waals surface area contributed by atoms with Crippen LogP contribution in [0.2, 0.25) is 0 Å². The minimum atomic E-state index is -1.90. The van der Waals surface area contributed by atoms with Gasteiger partial charge in [-0.25, -0.2) is 0 Å². The molecule has 114 valence electrons. The van der Waals surface area contributed by atoms with E-state index >= 15 is 0 Å². The Labute approximate surface area is 136 Å². The summed E-state index contributed by atoms with van der Waals surface area (Å²) in [4.78, 5) is 17.3. The van der Waals surface area contributed by atoms with Gasteiger partial charge in [0.05, 0.1) is 0 Å². The van der Waals surface area contributed by atoms with E-state index in [4.69, 9.17) is 9.79 Å². The van der Waals surface area contributed by atoms with Gasteiger partial charge in [-0.1, -0.05) is 78.9 Å². The molecule has 0 unspecified atom stereocenters. The molecular weight excluding hydrogens is 303 g/mol. The van der Waals surface area contributed by atoms with Crippen molar-refractivity contribution in [3.05, 3.63) is 91.0 Å². The van der Waals surface area contributed by atoms with Gasteiger partial charge in [0, 0.05) is 5.30 Å². The van der Waals surface area contributed by atoms with Crippen molar-refractivity contribution >= 4 is 35.2 Å². The third-order valence-corrected chi connectivity index (χ3v) is 4.40. The molecule has 0 bridgehead atoms. The molecule has 0 aliphatic heterocycles. The second-order valence-corrected chi connectivity index (χ2v) is 6.23. The van der Waals surface area contributed by atoms with Gasteiger partial charge in [0.2, 0.25) is 0 Å². The maximum absolute atomic E-state index is 8.64. The van der Waals surface area contributed by atoms with Gasteiger partial charge in [-0.15, -0.1) is 0 Å². The van der Waals surface area contributed by atoms with Gasteiger partial charge in [0.1, 0.15) is 0 Å². The zero-order valence-corrected chi connectivity index (χ0v) is 13.4. The fraction of sp³-hybridized carbons (Fsp3) is 0. The Morgan fingerprint density at radius 1 is 0.478 bits per heavy atom. The van der Waals surface area contributed by atoms with E-state index in [-0.39, 0.29) is 0 Å². The van der Waals surface area contributed by atoms with E-state index in [2.05, 4.69) is 60.7 Å². The third-order valence-electron chi connectivity index (χ3n) is 3.64. The van der Waals surface area contributed by atoms with Gasteiger partial charge < -0.3 is 9.79 Å². The van der Waals surface area contributed by atoms with E-state index in [1.54, 1.807) is 24.3 Å². The molecule has 0 spiro atoms. The van der Waals surface area contributed by atoms with Crippen LogP contribution in [0.15, 0.2) is 91.0 Å². The molecule has 4 aromatic carbocycles. The van der Waals surface area contributed by atoms with Crippen LogP contribution < -0.4 is 5.30 Å². The fourth-order valence-electron chi connectivity index (χ4n) is 2.52. The highest BCUT2D eigenvalue weighted by atomic mass is 31.2. The summed E-state index contributed by atoms with van der Waals surface area (Å²) in [7, 11) is -1.90. The standard InChI is InChI=1S/C14H10.C6H7O2P/c1-3-7-13-11(5-1)9-10-12-6-2-4-8-14(12)13;7-9(8)6-4-2-1-3-5-6/h1-10H;1-5,7-8H. The van der Waals surface area contributed by atoms with Crippen LogP contribution in [0.25, 0.3) is 21.5 Å². The minimum absolute atomic E-state index is 0.590. The van der Waals surface area contributed by atoms with E-state index < -0.39 is 8.38 Å². The zero-order chi connectivity index (χ0) is 16.1. The van der Waals surface area contributed by atoms with Crippen LogP contribution >= 0.6 is 8.38 Å². The van der Waals surface area contributed by atoms with Crippen molar-refractivity contribution in [2.24, 2.45) is 0 Å². The predicted octanol–water partition coefficient (Wildman–Crippen LogP) is 4.60. The van der Waals surface area contributed by atoms with E-state index in [1.807, 2.05) is 6.07 Å². The molecule has 0 aliphatic carbocycles. The molecule has 0 aliphatic rings. The molecule has 0 radical (unpaired) electrons. The van der Waals surface area contributed by atoms with Crippen molar-refractivity contribution in [2.45, 2.75) is 0 Å². The molecule has 0 aromatic heterocycles. The van der Waals surface area contributed by atoms with Crippen molar-refractivity contribution in [1.29, 1.82) is 0 Å². The second-order valence-electron chi connectivity index (χ2n) is 5.13. The van der Waals surface area contributed by atoms with Gasteiger partial charge >= 0.3 is 0 Å². The molecule has 0 saturated carbocycles. The van der Waals surface area contributed by atoms with E-state index in [0.29, 0.717) is 5.30 Å². The van der Waals surface area contributed by atoms with Crippen LogP contribution in [-0.2, 0) is 0 Å². The van der Waals surface area contributed by atoms with Crippen molar-refractivity contribution in [3.8, 4) is 0 Å². The van der Waals surface area contributed by atoms with E-state index in [0.717, 1.165) is 0 Å². The summed E-state index contributed by atoms with van der Waals surface area (Å²) < 4.78 is 0. The van der Waals surface area contributed by atoms with Crippen LogP contribution in [0.5, 0.6) is 0 Å². The van der Waals surface area contributed by atoms with Gasteiger partial charge in [-0.2, -0.15) is 0 Å². The first-order valence-electron chi connectivity index (χ1n) is 7.35. The molecule has 0 atom stereocenters. The number of rotatable bonds is 1. The smallest absolute Gasteiger partial charge is 0.199 e. The lowest BCUT2D eigenvalue weighted by Gasteiger charge is -2.02. The summed E-state index contributed by atoms with van der Waals surface area (Å²) in [6.07, 6.45) is 0. The van der Waals surface area contributed by atoms with Crippen molar-refractivity contribution in [3.63, 3.8) is 0 Å². The summed E-state index contributed by atoms with van der Waals surface area (Å²) in [6.45, 7) is 0. The fourth-order valence-corrected chi connectivity index (χ4v) is 2.95. The molecule has 0 heterocycles. The average molecular weight is 320 g/mol. The minimum Gasteiger partial charge on any atom is -0.347 e. The van der Waals surface area contributed by atoms with Gasteiger partial charge in [0.25, 0.3) is 0 Å². The number of benzene rings is 4. The Bertz CT molecular complexity index is 850. The predicted molar refractivity (Wildman–Crippen MR) is 98.9 cm³/mol. The first kappa shape index (κ1) is 15.6. The Balaban J connectivity index is 0.000000151. The summed E-state index contributed by atoms with van der Waals surface area (Å²) in [5.74, 6) is 0. The molecule has 3 heteroatoms. The Morgan fingerprint density at radius 3 is 1.35 bits per heavy atom. The molecule has 4 rings (SSSR count). The molecule has 0 saturated heterocycles. The quantitative estimate of drug-likeness (QED) is 0.397. The molecule has 2 N–H and O–H groups in total. The maximum Gasteiger partial charge on any atom is 0.199 e. The lowest BCUT2D eigenvalue weighted by molar-refractivity contribution is 0.497. The summed E-state index contributed by atoms with van der Waals surface area (Å²) in [5, 5.41) is 5.89. The Kier molecular flexibility index (Phi) is 4.99. The normalized spacial score (nSPS) is 10.6. The number of hydrogen-bond acceptors (Lipinski definition) is 2. The summed E-state index contributed by atoms with van der Waals surface area (Å²) in [6, 6.07) is 30.1. The first-order chi connectivity index (χ1) is 11.3. The van der Waals surface area contributed by atoms with Crippen molar-refractivity contribution in [2.75, 3.05) is 0 Å². The topological polar surface area (TPSA) is 40.5 Å². The van der Waals surface area contributed by atoms with Crippen LogP contribution in [-0.4, -0.2) is 9.79 Å². The Hall–Kier alpha value is -2.25. The molecule has 4 aromatic rings. The highest BCUT2D eigenvalue weighted by Gasteiger charge is 1.99. The largest absolute Gasteiger partial charge is 0.347 e. The number of hydrogen-bond donors (Lipinski definition) is 2. The Morgan fingerprint density at radius 2 is 0.913 bits per heavy atom. The lowest BCUT2D eigenvalue weighted by atomic mass is 10.0. The van der Waals surface area contributed by atoms with Gasteiger partial charge in [-0.05, 0) is 33.7 Å². The van der Waals surface area contributed by atoms with E-state index in [9.17, 15) is 0 Å². The monoisotopic (exact) mass is 320 g/mol. The highest BCUT2D eigenvalue weighted by molar-refractivity contribution is 7.54. The maximum atomic E-state index is 8.64. The van der Waals surface area contributed by atoms with Gasteiger partial charge in [0.15, 0.2) is 8.38 Å². The van der Waals surface area contributed by atoms with Crippen LogP contribution in [0.4, 0.5) is 0 Å². The SMILES string of the molecule is OP(O)c1ccccc1.c1ccc2c(c1)ccc1ccccc12. The highest BCUT2D eigenvalue weighted by Crippen LogP contribution is 2.24. The third kappa shape index (κ3) is 3.75. The molecule has 0 amide bonds. The number of fused-ring (bicyclic) bond motifs is 3. The summed E-state index contributed by atoms with van der Waals surface area (Å²) >= 11 is 0.